The number of hydrogen-bond donors (Lipinski definition) is 1. The third-order valence-electron chi connectivity index (χ3n) is 5.14. The van der Waals surface area contributed by atoms with Gasteiger partial charge in [-0.1, -0.05) is 72.1 Å². The van der Waals surface area contributed by atoms with Crippen LogP contribution >= 0.6 is 0 Å². The first-order chi connectivity index (χ1) is 11.5. The van der Waals surface area contributed by atoms with E-state index in [1.165, 1.54) is 44.9 Å². The van der Waals surface area contributed by atoms with E-state index in [9.17, 15) is 9.90 Å². The summed E-state index contributed by atoms with van der Waals surface area (Å²) in [5.41, 5.74) is 0. The van der Waals surface area contributed by atoms with Crippen LogP contribution in [0.1, 0.15) is 104 Å². The van der Waals surface area contributed by atoms with E-state index in [2.05, 4.69) is 6.92 Å². The lowest BCUT2D eigenvalue weighted by Crippen LogP contribution is -2.11. The van der Waals surface area contributed by atoms with E-state index in [1.54, 1.807) is 0 Å². The highest BCUT2D eigenvalue weighted by atomic mass is 16.6. The molecule has 0 saturated carbocycles. The van der Waals surface area contributed by atoms with Gasteiger partial charge in [0.05, 0.1) is 18.3 Å². The number of rotatable bonds is 16. The summed E-state index contributed by atoms with van der Waals surface area (Å²) in [4.78, 5) is 11.5. The number of Topliss-reactive ketones (excluding diaryl/α,β-unsaturated/α-hetero) is 1. The number of hydrogen-bond acceptors (Lipinski definition) is 3. The minimum absolute atomic E-state index is 0.171. The Bertz CT molecular complexity index is 327. The molecule has 142 valence electrons. The largest absolute Gasteiger partial charge is 0.393 e. The molecular weight excluding hydrogens is 300 g/mol. The molecule has 0 aromatic carbocycles. The van der Waals surface area contributed by atoms with Gasteiger partial charge < -0.3 is 9.84 Å². The lowest BCUT2D eigenvalue weighted by atomic mass is 10.0. The second kappa shape index (κ2) is 12.9. The number of unbranched alkanes of at least 4 members (excludes halogenated alkanes) is 7. The predicted octanol–water partition coefficient (Wildman–Crippen LogP) is 5.43. The lowest BCUT2D eigenvalue weighted by Gasteiger charge is -2.08. The average Bonchev–Trinajstić information content (AvgIpc) is 3.28. The third-order valence-corrected chi connectivity index (χ3v) is 5.14. The topological polar surface area (TPSA) is 49.8 Å². The van der Waals surface area contributed by atoms with Crippen LogP contribution in [-0.4, -0.2) is 29.2 Å². The number of aliphatic hydroxyl groups excluding tert-OH is 1. The second-order valence-corrected chi connectivity index (χ2v) is 7.88. The molecule has 1 aliphatic heterocycles. The molecule has 3 nitrogen and oxygen atoms in total. The Morgan fingerprint density at radius 1 is 0.958 bits per heavy atom. The van der Waals surface area contributed by atoms with Gasteiger partial charge in [-0.3, -0.25) is 4.79 Å². The quantitative estimate of drug-likeness (QED) is 0.301. The molecule has 1 N–H and O–H groups in total. The van der Waals surface area contributed by atoms with Crippen molar-refractivity contribution in [3.63, 3.8) is 0 Å². The van der Waals surface area contributed by atoms with Crippen LogP contribution in [0.5, 0.6) is 0 Å². The molecule has 3 atom stereocenters. The number of ether oxygens (including phenoxy) is 1. The van der Waals surface area contributed by atoms with Crippen molar-refractivity contribution in [3.8, 4) is 0 Å². The second-order valence-electron chi connectivity index (χ2n) is 7.88. The van der Waals surface area contributed by atoms with Gasteiger partial charge >= 0.3 is 0 Å². The normalized spacial score (nSPS) is 21.2. The number of carbonyl (C=O) groups excluding carboxylic acids is 1. The Kier molecular flexibility index (Phi) is 11.6. The van der Waals surface area contributed by atoms with Gasteiger partial charge in [-0.05, 0) is 19.3 Å². The van der Waals surface area contributed by atoms with Crippen molar-refractivity contribution in [2.24, 2.45) is 5.92 Å². The summed E-state index contributed by atoms with van der Waals surface area (Å²) in [7, 11) is 0. The molecule has 0 spiro atoms. The highest BCUT2D eigenvalue weighted by Gasteiger charge is 2.38. The Balaban J connectivity index is 1.87. The van der Waals surface area contributed by atoms with Gasteiger partial charge in [0.15, 0.2) is 0 Å². The van der Waals surface area contributed by atoms with E-state index in [0.717, 1.165) is 38.5 Å². The molecule has 0 aromatic heterocycles. The van der Waals surface area contributed by atoms with Gasteiger partial charge in [0.25, 0.3) is 0 Å². The summed E-state index contributed by atoms with van der Waals surface area (Å²) >= 11 is 0. The van der Waals surface area contributed by atoms with Gasteiger partial charge in [-0.2, -0.15) is 0 Å². The maximum absolute atomic E-state index is 11.5. The first kappa shape index (κ1) is 21.6. The van der Waals surface area contributed by atoms with Crippen molar-refractivity contribution in [2.45, 2.75) is 123 Å². The molecule has 0 bridgehead atoms. The van der Waals surface area contributed by atoms with Crippen LogP contribution in [-0.2, 0) is 9.53 Å². The van der Waals surface area contributed by atoms with Crippen molar-refractivity contribution in [1.29, 1.82) is 0 Å². The molecule has 0 radical (unpaired) electrons. The van der Waals surface area contributed by atoms with Crippen LogP contribution in [0, 0.1) is 5.92 Å². The van der Waals surface area contributed by atoms with E-state index in [0.29, 0.717) is 18.0 Å². The number of aliphatic hydroxyl groups is 1. The van der Waals surface area contributed by atoms with Crippen LogP contribution in [0.3, 0.4) is 0 Å². The lowest BCUT2D eigenvalue weighted by molar-refractivity contribution is -0.122. The molecule has 3 heteroatoms. The maximum atomic E-state index is 11.5. The predicted molar refractivity (Wildman–Crippen MR) is 100 cm³/mol. The minimum Gasteiger partial charge on any atom is -0.393 e. The molecular formula is C21H40O3. The van der Waals surface area contributed by atoms with E-state index in [1.807, 2.05) is 13.8 Å². The van der Waals surface area contributed by atoms with Gasteiger partial charge in [0.2, 0.25) is 0 Å². The summed E-state index contributed by atoms with van der Waals surface area (Å²) in [5, 5.41) is 10.0. The van der Waals surface area contributed by atoms with Crippen molar-refractivity contribution in [1.82, 2.24) is 0 Å². The number of epoxide rings is 1. The molecule has 1 heterocycles. The van der Waals surface area contributed by atoms with E-state index in [4.69, 9.17) is 4.74 Å². The first-order valence-electron chi connectivity index (χ1n) is 10.4. The molecule has 0 aliphatic carbocycles. The molecule has 24 heavy (non-hydrogen) atoms. The molecule has 1 saturated heterocycles. The van der Waals surface area contributed by atoms with Crippen LogP contribution in [0.15, 0.2) is 0 Å². The summed E-state index contributed by atoms with van der Waals surface area (Å²) in [6.07, 6.45) is 15.0. The Hall–Kier alpha value is -0.410. The fourth-order valence-corrected chi connectivity index (χ4v) is 3.30. The monoisotopic (exact) mass is 340 g/mol. The van der Waals surface area contributed by atoms with Gasteiger partial charge in [0, 0.05) is 18.8 Å². The van der Waals surface area contributed by atoms with Crippen LogP contribution in [0.4, 0.5) is 0 Å². The zero-order valence-electron chi connectivity index (χ0n) is 16.3. The Morgan fingerprint density at radius 2 is 1.62 bits per heavy atom. The fourth-order valence-electron chi connectivity index (χ4n) is 3.30. The van der Waals surface area contributed by atoms with Gasteiger partial charge in [-0.25, -0.2) is 0 Å². The summed E-state index contributed by atoms with van der Waals surface area (Å²) < 4.78 is 5.70. The van der Waals surface area contributed by atoms with Crippen molar-refractivity contribution < 1.29 is 14.6 Å². The zero-order chi connectivity index (χ0) is 17.8. The average molecular weight is 341 g/mol. The standard InChI is InChI=1S/C21H40O3/c1-4-5-6-10-13-18(22)16-21-20(24-21)15-12-9-7-8-11-14-19(23)17(2)3/h17-18,20-22H,4-16H2,1-3H3. The summed E-state index contributed by atoms with van der Waals surface area (Å²) in [6.45, 7) is 6.18. The minimum atomic E-state index is -0.171. The zero-order valence-corrected chi connectivity index (χ0v) is 16.3. The van der Waals surface area contributed by atoms with Crippen LogP contribution in [0.2, 0.25) is 0 Å². The number of ketones is 1. The van der Waals surface area contributed by atoms with Gasteiger partial charge in [0.1, 0.15) is 5.78 Å². The van der Waals surface area contributed by atoms with Crippen molar-refractivity contribution in [3.05, 3.63) is 0 Å². The van der Waals surface area contributed by atoms with E-state index < -0.39 is 0 Å². The smallest absolute Gasteiger partial charge is 0.135 e. The van der Waals surface area contributed by atoms with Crippen molar-refractivity contribution in [2.75, 3.05) is 0 Å². The van der Waals surface area contributed by atoms with E-state index >= 15 is 0 Å². The molecule has 1 aliphatic rings. The molecule has 1 rings (SSSR count). The molecule has 0 amide bonds. The summed E-state index contributed by atoms with van der Waals surface area (Å²) in [5.74, 6) is 0.591. The first-order valence-corrected chi connectivity index (χ1v) is 10.4. The van der Waals surface area contributed by atoms with E-state index in [-0.39, 0.29) is 12.0 Å². The van der Waals surface area contributed by atoms with Crippen molar-refractivity contribution >= 4 is 5.78 Å². The Morgan fingerprint density at radius 3 is 2.33 bits per heavy atom. The highest BCUT2D eigenvalue weighted by Crippen LogP contribution is 2.32. The molecule has 1 fully saturated rings. The highest BCUT2D eigenvalue weighted by molar-refractivity contribution is 5.80. The van der Waals surface area contributed by atoms with Crippen LogP contribution in [0.25, 0.3) is 0 Å². The fraction of sp³-hybridized carbons (Fsp3) is 0.952. The third kappa shape index (κ3) is 10.5. The molecule has 0 aromatic rings. The Labute approximate surface area is 149 Å². The number of carbonyl (C=O) groups is 1. The van der Waals surface area contributed by atoms with Gasteiger partial charge in [-0.15, -0.1) is 0 Å². The SMILES string of the molecule is CCCCCCC(O)CC1OC1CCCCCCCC(=O)C(C)C. The van der Waals surface area contributed by atoms with Crippen LogP contribution < -0.4 is 0 Å². The molecule has 3 unspecified atom stereocenters. The summed E-state index contributed by atoms with van der Waals surface area (Å²) in [6, 6.07) is 0. The maximum Gasteiger partial charge on any atom is 0.135 e.